The summed E-state index contributed by atoms with van der Waals surface area (Å²) < 4.78 is 15.9. The van der Waals surface area contributed by atoms with E-state index in [0.29, 0.717) is 55.2 Å². The number of unbranched alkanes of at least 4 members (excludes halogenated alkanes) is 1. The Morgan fingerprint density at radius 3 is 2.68 bits per heavy atom. The Labute approximate surface area is 239 Å². The van der Waals surface area contributed by atoms with Crippen LogP contribution in [0.4, 0.5) is 10.5 Å². The summed E-state index contributed by atoms with van der Waals surface area (Å²) in [6.45, 7) is 0.644. The normalized spacial score (nSPS) is 19.5. The van der Waals surface area contributed by atoms with Gasteiger partial charge in [0, 0.05) is 37.3 Å². The van der Waals surface area contributed by atoms with Crippen LogP contribution in [0.15, 0.2) is 42.5 Å². The molecular weight excluding hydrogens is 528 g/mol. The van der Waals surface area contributed by atoms with Crippen molar-refractivity contribution in [3.63, 3.8) is 0 Å². The summed E-state index contributed by atoms with van der Waals surface area (Å²) in [6, 6.07) is 11.8. The molecule has 0 aromatic heterocycles. The predicted molar refractivity (Wildman–Crippen MR) is 149 cm³/mol. The average molecular weight is 565 g/mol. The molecule has 0 radical (unpaired) electrons. The summed E-state index contributed by atoms with van der Waals surface area (Å²) in [5.74, 6) is 1.05. The Hall–Kier alpha value is -4.28. The molecule has 0 bridgehead atoms. The summed E-state index contributed by atoms with van der Waals surface area (Å²) in [6.07, 6.45) is 4.53. The highest BCUT2D eigenvalue weighted by Gasteiger charge is 2.47. The van der Waals surface area contributed by atoms with Crippen molar-refractivity contribution in [2.45, 2.75) is 57.5 Å². The van der Waals surface area contributed by atoms with Gasteiger partial charge >= 0.3 is 6.03 Å². The van der Waals surface area contributed by atoms with E-state index in [0.717, 1.165) is 18.4 Å². The number of imide groups is 1. The standard InChI is InChI=1S/C30H36N4O7/c1-39-22-8-6-7-21(16-22)32-28(36)18-34-24-10-3-2-9-23(24)29(37)33(30(34)38)14-5-4-11-27(35)31-17-20-12-13-25-26(15-20)41-19-40-25/h6-8,12-13,15-16,23-24H,2-5,9-11,14,17-19H2,1H3,(H,31,35)(H,32,36). The summed E-state index contributed by atoms with van der Waals surface area (Å²) in [5, 5.41) is 5.73. The summed E-state index contributed by atoms with van der Waals surface area (Å²) in [4.78, 5) is 54.9. The van der Waals surface area contributed by atoms with Gasteiger partial charge in [0.2, 0.25) is 24.5 Å². The average Bonchev–Trinajstić information content (AvgIpc) is 3.46. The number of ether oxygens (including phenoxy) is 3. The second kappa shape index (κ2) is 12.9. The second-order valence-corrected chi connectivity index (χ2v) is 10.6. The van der Waals surface area contributed by atoms with E-state index in [4.69, 9.17) is 14.2 Å². The number of anilines is 1. The van der Waals surface area contributed by atoms with Gasteiger partial charge in [-0.05, 0) is 55.5 Å². The first kappa shape index (κ1) is 28.3. The number of rotatable bonds is 11. The van der Waals surface area contributed by atoms with Gasteiger partial charge in [0.05, 0.1) is 13.0 Å². The van der Waals surface area contributed by atoms with Gasteiger partial charge in [0.1, 0.15) is 12.3 Å². The highest BCUT2D eigenvalue weighted by molar-refractivity contribution is 6.01. The number of carbonyl (C=O) groups is 4. The van der Waals surface area contributed by atoms with Crippen LogP contribution in [-0.4, -0.2) is 66.6 Å². The summed E-state index contributed by atoms with van der Waals surface area (Å²) in [5.41, 5.74) is 1.48. The molecule has 3 aliphatic rings. The van der Waals surface area contributed by atoms with E-state index in [1.54, 1.807) is 36.3 Å². The van der Waals surface area contributed by atoms with Crippen molar-refractivity contribution in [2.75, 3.05) is 32.3 Å². The minimum Gasteiger partial charge on any atom is -0.497 e. The van der Waals surface area contributed by atoms with Crippen molar-refractivity contribution in [1.29, 1.82) is 0 Å². The Balaban J connectivity index is 1.12. The van der Waals surface area contributed by atoms with Gasteiger partial charge in [0.15, 0.2) is 11.5 Å². The third-order valence-electron chi connectivity index (χ3n) is 7.82. The fourth-order valence-corrected chi connectivity index (χ4v) is 5.71. The van der Waals surface area contributed by atoms with E-state index in [-0.39, 0.29) is 56.0 Å². The monoisotopic (exact) mass is 564 g/mol. The van der Waals surface area contributed by atoms with E-state index < -0.39 is 6.03 Å². The molecular formula is C30H36N4O7. The van der Waals surface area contributed by atoms with E-state index in [9.17, 15) is 19.2 Å². The lowest BCUT2D eigenvalue weighted by Crippen LogP contribution is -2.63. The number of fused-ring (bicyclic) bond motifs is 2. The van der Waals surface area contributed by atoms with Gasteiger partial charge in [-0.1, -0.05) is 25.0 Å². The quantitative estimate of drug-likeness (QED) is 0.399. The summed E-state index contributed by atoms with van der Waals surface area (Å²) in [7, 11) is 1.55. The third kappa shape index (κ3) is 6.72. The maximum atomic E-state index is 13.5. The van der Waals surface area contributed by atoms with Crippen molar-refractivity contribution < 1.29 is 33.4 Å². The molecule has 5 rings (SSSR count). The Kier molecular flexibility index (Phi) is 8.91. The van der Waals surface area contributed by atoms with Gasteiger partial charge in [-0.3, -0.25) is 19.3 Å². The number of nitrogens with zero attached hydrogens (tertiary/aromatic N) is 2. The lowest BCUT2D eigenvalue weighted by Gasteiger charge is -2.46. The van der Waals surface area contributed by atoms with E-state index >= 15 is 0 Å². The van der Waals surface area contributed by atoms with Gasteiger partial charge in [-0.25, -0.2) is 4.79 Å². The Bertz CT molecular complexity index is 1300. The molecule has 1 aliphatic carbocycles. The topological polar surface area (TPSA) is 127 Å². The fraction of sp³-hybridized carbons (Fsp3) is 0.467. The summed E-state index contributed by atoms with van der Waals surface area (Å²) >= 11 is 0. The van der Waals surface area contributed by atoms with Crippen molar-refractivity contribution in [2.24, 2.45) is 5.92 Å². The number of benzene rings is 2. The lowest BCUT2D eigenvalue weighted by atomic mass is 9.81. The van der Waals surface area contributed by atoms with Crippen molar-refractivity contribution in [3.05, 3.63) is 48.0 Å². The largest absolute Gasteiger partial charge is 0.497 e. The highest BCUT2D eigenvalue weighted by Crippen LogP contribution is 2.35. The van der Waals surface area contributed by atoms with Crippen LogP contribution in [0.2, 0.25) is 0 Å². The smallest absolute Gasteiger partial charge is 0.327 e. The molecule has 5 amide bonds. The van der Waals surface area contributed by atoms with Crippen LogP contribution < -0.4 is 24.8 Å². The van der Waals surface area contributed by atoms with Crippen molar-refractivity contribution in [3.8, 4) is 17.2 Å². The number of carbonyl (C=O) groups excluding carboxylic acids is 4. The minimum absolute atomic E-state index is 0.109. The molecule has 11 nitrogen and oxygen atoms in total. The zero-order valence-electron chi connectivity index (χ0n) is 23.2. The first-order valence-corrected chi connectivity index (χ1v) is 14.1. The molecule has 2 aromatic rings. The van der Waals surface area contributed by atoms with Gasteiger partial charge in [-0.15, -0.1) is 0 Å². The van der Waals surface area contributed by atoms with Crippen LogP contribution >= 0.6 is 0 Å². The molecule has 2 heterocycles. The first-order valence-electron chi connectivity index (χ1n) is 14.1. The first-order chi connectivity index (χ1) is 19.9. The minimum atomic E-state index is -0.439. The Morgan fingerprint density at radius 2 is 1.83 bits per heavy atom. The van der Waals surface area contributed by atoms with Crippen LogP contribution in [0.1, 0.15) is 50.5 Å². The molecule has 218 valence electrons. The van der Waals surface area contributed by atoms with Crippen LogP contribution in [0, 0.1) is 5.92 Å². The number of urea groups is 1. The molecule has 2 N–H and O–H groups in total. The van der Waals surface area contributed by atoms with Crippen molar-refractivity contribution >= 4 is 29.4 Å². The van der Waals surface area contributed by atoms with Gasteiger partial charge in [-0.2, -0.15) is 0 Å². The van der Waals surface area contributed by atoms with Gasteiger partial charge < -0.3 is 29.7 Å². The van der Waals surface area contributed by atoms with Crippen LogP contribution in [0.3, 0.4) is 0 Å². The second-order valence-electron chi connectivity index (χ2n) is 10.6. The number of amides is 5. The Morgan fingerprint density at radius 1 is 1.00 bits per heavy atom. The maximum Gasteiger partial charge on any atom is 0.327 e. The number of methoxy groups -OCH3 is 1. The lowest BCUT2D eigenvalue weighted by molar-refractivity contribution is -0.141. The zero-order valence-corrected chi connectivity index (χ0v) is 23.2. The molecule has 1 saturated carbocycles. The highest BCUT2D eigenvalue weighted by atomic mass is 16.7. The van der Waals surface area contributed by atoms with Crippen LogP contribution in [0.25, 0.3) is 0 Å². The molecule has 1 saturated heterocycles. The molecule has 0 spiro atoms. The van der Waals surface area contributed by atoms with Crippen LogP contribution in [0.5, 0.6) is 17.2 Å². The molecule has 2 unspecified atom stereocenters. The molecule has 2 atom stereocenters. The van der Waals surface area contributed by atoms with E-state index in [2.05, 4.69) is 10.6 Å². The molecule has 2 aliphatic heterocycles. The number of hydrogen-bond donors (Lipinski definition) is 2. The molecule has 41 heavy (non-hydrogen) atoms. The maximum absolute atomic E-state index is 13.5. The fourth-order valence-electron chi connectivity index (χ4n) is 5.71. The number of nitrogens with one attached hydrogen (secondary N) is 2. The predicted octanol–water partition coefficient (Wildman–Crippen LogP) is 3.67. The van der Waals surface area contributed by atoms with E-state index in [1.807, 2.05) is 18.2 Å². The zero-order chi connectivity index (χ0) is 28.8. The third-order valence-corrected chi connectivity index (χ3v) is 7.82. The SMILES string of the molecule is COc1cccc(NC(=O)CN2C(=O)N(CCCCC(=O)NCc3ccc4c(c3)OCO4)C(=O)C3CCCCC32)c1. The van der Waals surface area contributed by atoms with E-state index in [1.165, 1.54) is 4.90 Å². The molecule has 2 aromatic carbocycles. The van der Waals surface area contributed by atoms with Gasteiger partial charge in [0.25, 0.3) is 0 Å². The molecule has 2 fully saturated rings. The number of hydrogen-bond acceptors (Lipinski definition) is 7. The molecule has 11 heteroatoms. The van der Waals surface area contributed by atoms with Crippen LogP contribution in [-0.2, 0) is 20.9 Å². The van der Waals surface area contributed by atoms with Crippen molar-refractivity contribution in [1.82, 2.24) is 15.1 Å².